The lowest BCUT2D eigenvalue weighted by Crippen LogP contribution is -2.31. The van der Waals surface area contributed by atoms with Crippen molar-refractivity contribution in [3.63, 3.8) is 0 Å². The number of nitrogens with zero attached hydrogens (tertiary/aromatic N) is 1. The van der Waals surface area contributed by atoms with Crippen molar-refractivity contribution < 1.29 is 13.9 Å². The van der Waals surface area contributed by atoms with Gasteiger partial charge in [-0.05, 0) is 48.7 Å². The number of halogens is 1. The van der Waals surface area contributed by atoms with E-state index in [1.807, 2.05) is 24.3 Å². The molecule has 0 spiro atoms. The molecule has 1 saturated heterocycles. The zero-order chi connectivity index (χ0) is 19.0. The van der Waals surface area contributed by atoms with Crippen molar-refractivity contribution in [2.45, 2.75) is 18.9 Å². The minimum Gasteiger partial charge on any atom is -0.497 e. The third-order valence-electron chi connectivity index (χ3n) is 5.03. The summed E-state index contributed by atoms with van der Waals surface area (Å²) in [5.74, 6) is 0.0603. The van der Waals surface area contributed by atoms with Gasteiger partial charge >= 0.3 is 0 Å². The Balaban J connectivity index is 1.76. The summed E-state index contributed by atoms with van der Waals surface area (Å²) in [6.45, 7) is 0.607. The number of fused-ring (bicyclic) bond motifs is 1. The van der Waals surface area contributed by atoms with E-state index in [0.717, 1.165) is 24.2 Å². The Labute approximate surface area is 155 Å². The number of rotatable bonds is 3. The predicted molar refractivity (Wildman–Crippen MR) is 101 cm³/mol. The van der Waals surface area contributed by atoms with Gasteiger partial charge in [0.1, 0.15) is 11.6 Å². The highest BCUT2D eigenvalue weighted by Crippen LogP contribution is 2.35. The number of benzene rings is 2. The van der Waals surface area contributed by atoms with Gasteiger partial charge < -0.3 is 14.6 Å². The molecule has 0 bridgehead atoms. The minimum absolute atomic E-state index is 0.0811. The monoisotopic (exact) mass is 366 g/mol. The van der Waals surface area contributed by atoms with E-state index in [1.54, 1.807) is 12.0 Å². The number of pyridine rings is 1. The molecule has 0 aliphatic carbocycles. The van der Waals surface area contributed by atoms with Crippen LogP contribution in [0.25, 0.3) is 10.9 Å². The van der Waals surface area contributed by atoms with Crippen molar-refractivity contribution in [3.8, 4) is 5.75 Å². The van der Waals surface area contributed by atoms with Gasteiger partial charge in [-0.15, -0.1) is 0 Å². The van der Waals surface area contributed by atoms with Crippen LogP contribution in [0.5, 0.6) is 5.75 Å². The molecule has 1 fully saturated rings. The molecule has 138 valence electrons. The number of amides is 1. The van der Waals surface area contributed by atoms with Crippen molar-refractivity contribution in [2.24, 2.45) is 0 Å². The quantitative estimate of drug-likeness (QED) is 0.770. The zero-order valence-electron chi connectivity index (χ0n) is 14.9. The summed E-state index contributed by atoms with van der Waals surface area (Å²) >= 11 is 0. The fraction of sp³-hybridized carbons (Fsp3) is 0.238. The maximum Gasteiger partial charge on any atom is 0.255 e. The number of ether oxygens (including phenoxy) is 1. The molecule has 1 aromatic heterocycles. The van der Waals surface area contributed by atoms with Gasteiger partial charge in [0.05, 0.1) is 24.2 Å². The van der Waals surface area contributed by atoms with Crippen LogP contribution in [0, 0.1) is 5.82 Å². The zero-order valence-corrected chi connectivity index (χ0v) is 14.9. The number of hydrogen-bond acceptors (Lipinski definition) is 3. The lowest BCUT2D eigenvalue weighted by molar-refractivity contribution is 0.0737. The van der Waals surface area contributed by atoms with E-state index in [0.29, 0.717) is 23.0 Å². The molecule has 0 unspecified atom stereocenters. The second-order valence-corrected chi connectivity index (χ2v) is 6.67. The summed E-state index contributed by atoms with van der Waals surface area (Å²) in [7, 11) is 1.61. The van der Waals surface area contributed by atoms with Crippen LogP contribution < -0.4 is 10.3 Å². The first-order valence-electron chi connectivity index (χ1n) is 8.84. The Hall–Kier alpha value is -3.15. The van der Waals surface area contributed by atoms with E-state index in [2.05, 4.69) is 4.98 Å². The molecular formula is C21H19FN2O3. The van der Waals surface area contributed by atoms with E-state index in [1.165, 1.54) is 24.3 Å². The number of likely N-dealkylation sites (tertiary alicyclic amines) is 1. The van der Waals surface area contributed by atoms with E-state index < -0.39 is 11.4 Å². The molecule has 6 heteroatoms. The summed E-state index contributed by atoms with van der Waals surface area (Å²) in [5, 5.41) is 0.539. The van der Waals surface area contributed by atoms with E-state index in [-0.39, 0.29) is 11.9 Å². The molecule has 1 aliphatic heterocycles. The van der Waals surface area contributed by atoms with Crippen LogP contribution in [0.15, 0.2) is 53.3 Å². The normalized spacial score (nSPS) is 16.7. The molecule has 1 aliphatic rings. The second-order valence-electron chi connectivity index (χ2n) is 6.67. The highest BCUT2D eigenvalue weighted by Gasteiger charge is 2.31. The van der Waals surface area contributed by atoms with Gasteiger partial charge in [0.2, 0.25) is 5.56 Å². The van der Waals surface area contributed by atoms with Gasteiger partial charge in [-0.25, -0.2) is 4.39 Å². The minimum atomic E-state index is -0.460. The molecule has 0 radical (unpaired) electrons. The van der Waals surface area contributed by atoms with Crippen molar-refractivity contribution >= 4 is 16.8 Å². The van der Waals surface area contributed by atoms with Gasteiger partial charge in [-0.2, -0.15) is 0 Å². The third kappa shape index (κ3) is 3.18. The maximum atomic E-state index is 13.5. The van der Waals surface area contributed by atoms with Crippen LogP contribution >= 0.6 is 0 Å². The number of methoxy groups -OCH3 is 1. The van der Waals surface area contributed by atoms with Crippen LogP contribution in [-0.2, 0) is 0 Å². The molecule has 27 heavy (non-hydrogen) atoms. The molecule has 1 N–H and O–H groups in total. The molecule has 1 atom stereocenters. The van der Waals surface area contributed by atoms with Crippen LogP contribution in [0.3, 0.4) is 0 Å². The Kier molecular flexibility index (Phi) is 4.39. The molecule has 2 heterocycles. The Morgan fingerprint density at radius 2 is 2.07 bits per heavy atom. The predicted octanol–water partition coefficient (Wildman–Crippen LogP) is 3.65. The summed E-state index contributed by atoms with van der Waals surface area (Å²) < 4.78 is 18.8. The summed E-state index contributed by atoms with van der Waals surface area (Å²) in [6, 6.07) is 12.9. The van der Waals surface area contributed by atoms with Crippen molar-refractivity contribution in [1.29, 1.82) is 0 Å². The highest BCUT2D eigenvalue weighted by atomic mass is 19.1. The number of carbonyl (C=O) groups excluding carboxylic acids is 1. The number of H-pyrrole nitrogens is 1. The maximum absolute atomic E-state index is 13.5. The standard InChI is InChI=1S/C21H19FN2O3/c1-27-15-5-2-4-13(10-15)19-6-3-9-24(19)21(26)17-12-20(25)23-18-11-14(22)7-8-16(17)18/h2,4-5,7-8,10-12,19H,3,6,9H2,1H3,(H,23,25)/t19-/m0/s1. The first kappa shape index (κ1) is 17.3. The fourth-order valence-corrected chi connectivity index (χ4v) is 3.77. The fourth-order valence-electron chi connectivity index (χ4n) is 3.77. The number of nitrogens with one attached hydrogen (secondary N) is 1. The highest BCUT2D eigenvalue weighted by molar-refractivity contribution is 6.06. The molecule has 0 saturated carbocycles. The first-order valence-corrected chi connectivity index (χ1v) is 8.84. The van der Waals surface area contributed by atoms with Gasteiger partial charge in [-0.1, -0.05) is 12.1 Å². The third-order valence-corrected chi connectivity index (χ3v) is 5.03. The number of aromatic nitrogens is 1. The summed E-state index contributed by atoms with van der Waals surface area (Å²) in [5.41, 5.74) is 1.19. The van der Waals surface area contributed by atoms with Crippen molar-refractivity contribution in [3.05, 3.63) is 75.8 Å². The van der Waals surface area contributed by atoms with Crippen LogP contribution in [0.2, 0.25) is 0 Å². The molecule has 3 aromatic rings. The molecule has 5 nitrogen and oxygen atoms in total. The van der Waals surface area contributed by atoms with Gasteiger partial charge in [0, 0.05) is 18.0 Å². The molecule has 1 amide bonds. The van der Waals surface area contributed by atoms with E-state index >= 15 is 0 Å². The lowest BCUT2D eigenvalue weighted by atomic mass is 10.0. The van der Waals surface area contributed by atoms with Gasteiger partial charge in [0.15, 0.2) is 0 Å². The second kappa shape index (κ2) is 6.87. The molecule has 4 rings (SSSR count). The van der Waals surface area contributed by atoms with Crippen LogP contribution in [0.1, 0.15) is 34.8 Å². The Bertz CT molecular complexity index is 1080. The van der Waals surface area contributed by atoms with Gasteiger partial charge in [-0.3, -0.25) is 9.59 Å². The van der Waals surface area contributed by atoms with Crippen LogP contribution in [-0.4, -0.2) is 29.4 Å². The van der Waals surface area contributed by atoms with Crippen molar-refractivity contribution in [1.82, 2.24) is 9.88 Å². The SMILES string of the molecule is COc1cccc([C@@H]2CCCN2C(=O)c2cc(=O)[nH]c3cc(F)ccc23)c1. The summed E-state index contributed by atoms with van der Waals surface area (Å²) in [4.78, 5) is 29.7. The Morgan fingerprint density at radius 3 is 2.89 bits per heavy atom. The topological polar surface area (TPSA) is 62.4 Å². The number of aromatic amines is 1. The van der Waals surface area contributed by atoms with Crippen LogP contribution in [0.4, 0.5) is 4.39 Å². The first-order chi connectivity index (χ1) is 13.1. The van der Waals surface area contributed by atoms with Gasteiger partial charge in [0.25, 0.3) is 5.91 Å². The van der Waals surface area contributed by atoms with E-state index in [9.17, 15) is 14.0 Å². The molecule has 2 aromatic carbocycles. The number of carbonyl (C=O) groups is 1. The van der Waals surface area contributed by atoms with Crippen molar-refractivity contribution in [2.75, 3.05) is 13.7 Å². The van der Waals surface area contributed by atoms with E-state index in [4.69, 9.17) is 4.74 Å². The summed E-state index contributed by atoms with van der Waals surface area (Å²) in [6.07, 6.45) is 1.72. The molecular weight excluding hydrogens is 347 g/mol. The lowest BCUT2D eigenvalue weighted by Gasteiger charge is -2.26. The largest absolute Gasteiger partial charge is 0.497 e. The number of hydrogen-bond donors (Lipinski definition) is 1. The smallest absolute Gasteiger partial charge is 0.255 e. The average Bonchev–Trinajstić information content (AvgIpc) is 3.16. The average molecular weight is 366 g/mol. The Morgan fingerprint density at radius 1 is 1.22 bits per heavy atom.